The summed E-state index contributed by atoms with van der Waals surface area (Å²) in [5.41, 5.74) is 5.41. The Balaban J connectivity index is 1.91. The van der Waals surface area contributed by atoms with Crippen molar-refractivity contribution in [1.82, 2.24) is 0 Å². The third kappa shape index (κ3) is 2.00. The summed E-state index contributed by atoms with van der Waals surface area (Å²) >= 11 is 0. The quantitative estimate of drug-likeness (QED) is 0.715. The highest BCUT2D eigenvalue weighted by molar-refractivity contribution is 6.68. The first kappa shape index (κ1) is 12.8. The summed E-state index contributed by atoms with van der Waals surface area (Å²) < 4.78 is 6.14. The van der Waals surface area contributed by atoms with Crippen LogP contribution in [0.2, 0.25) is 6.32 Å². The lowest BCUT2D eigenvalue weighted by Crippen LogP contribution is -2.30. The lowest BCUT2D eigenvalue weighted by Gasteiger charge is -2.21. The van der Waals surface area contributed by atoms with Crippen LogP contribution in [0.15, 0.2) is 30.5 Å². The molecule has 2 heterocycles. The van der Waals surface area contributed by atoms with E-state index in [2.05, 4.69) is 57.5 Å². The fourth-order valence-electron chi connectivity index (χ4n) is 3.07. The molecule has 0 bridgehead atoms. The second kappa shape index (κ2) is 4.14. The molecule has 2 aliphatic heterocycles. The highest BCUT2D eigenvalue weighted by atomic mass is 16.5. The normalized spacial score (nSPS) is 25.1. The van der Waals surface area contributed by atoms with Gasteiger partial charge in [-0.05, 0) is 35.8 Å². The van der Waals surface area contributed by atoms with E-state index in [1.807, 2.05) is 0 Å². The molecule has 3 heteroatoms. The molecule has 0 aromatic heterocycles. The van der Waals surface area contributed by atoms with Crippen molar-refractivity contribution >= 4 is 18.1 Å². The number of likely N-dealkylation sites (N-methyl/N-ethyl adjacent to an activating group) is 1. The van der Waals surface area contributed by atoms with Gasteiger partial charge >= 0.3 is 6.92 Å². The summed E-state index contributed by atoms with van der Waals surface area (Å²) in [7, 11) is 2.10. The lowest BCUT2D eigenvalue weighted by atomic mass is 9.55. The Morgan fingerprint density at radius 1 is 1.42 bits per heavy atom. The highest BCUT2D eigenvalue weighted by Gasteiger charge is 2.42. The molecule has 2 nitrogen and oxygen atoms in total. The standard InChI is InChI=1S/C16H22BNO/c1-11-8-13-6-7-14(9-15(13)18(11)5)17-10-16(3,4)12(2)19-17/h6-7,9,12H,1,8,10H2,2-5H3. The van der Waals surface area contributed by atoms with Gasteiger partial charge in [-0.15, -0.1) is 0 Å². The predicted molar refractivity (Wildman–Crippen MR) is 82.2 cm³/mol. The molecule has 1 aromatic rings. The van der Waals surface area contributed by atoms with E-state index in [4.69, 9.17) is 4.65 Å². The Kier molecular flexibility index (Phi) is 2.79. The van der Waals surface area contributed by atoms with E-state index in [1.54, 1.807) is 0 Å². The van der Waals surface area contributed by atoms with Gasteiger partial charge in [0.25, 0.3) is 0 Å². The summed E-state index contributed by atoms with van der Waals surface area (Å²) in [6.45, 7) is 11.1. The van der Waals surface area contributed by atoms with Crippen LogP contribution in [0.4, 0.5) is 5.69 Å². The van der Waals surface area contributed by atoms with Gasteiger partial charge < -0.3 is 9.55 Å². The minimum absolute atomic E-state index is 0.234. The molecule has 19 heavy (non-hydrogen) atoms. The van der Waals surface area contributed by atoms with Gasteiger partial charge in [-0.2, -0.15) is 0 Å². The fraction of sp³-hybridized carbons (Fsp3) is 0.500. The van der Waals surface area contributed by atoms with Crippen LogP contribution >= 0.6 is 0 Å². The van der Waals surface area contributed by atoms with E-state index >= 15 is 0 Å². The Morgan fingerprint density at radius 2 is 2.16 bits per heavy atom. The SMILES string of the molecule is C=C1Cc2ccc(B3CC(C)(C)C(C)O3)cc2N1C. The second-order valence-electron chi connectivity index (χ2n) is 6.65. The van der Waals surface area contributed by atoms with Crippen molar-refractivity contribution in [2.45, 2.75) is 39.6 Å². The largest absolute Gasteiger partial charge is 0.428 e. The number of fused-ring (bicyclic) bond motifs is 1. The molecular weight excluding hydrogens is 233 g/mol. The molecule has 3 rings (SSSR count). The third-order valence-corrected chi connectivity index (χ3v) is 4.89. The van der Waals surface area contributed by atoms with E-state index < -0.39 is 0 Å². The van der Waals surface area contributed by atoms with Gasteiger partial charge in [-0.1, -0.05) is 32.6 Å². The predicted octanol–water partition coefficient (Wildman–Crippen LogP) is 2.84. The van der Waals surface area contributed by atoms with Crippen molar-refractivity contribution < 1.29 is 4.65 Å². The van der Waals surface area contributed by atoms with Gasteiger partial charge in [0.05, 0.1) is 0 Å². The Bertz CT molecular complexity index is 538. The van der Waals surface area contributed by atoms with Crippen molar-refractivity contribution in [3.05, 3.63) is 36.0 Å². The number of hydrogen-bond donors (Lipinski definition) is 0. The van der Waals surface area contributed by atoms with E-state index in [0.29, 0.717) is 6.10 Å². The molecule has 0 saturated carbocycles. The molecule has 0 spiro atoms. The van der Waals surface area contributed by atoms with Gasteiger partial charge in [0.2, 0.25) is 0 Å². The minimum atomic E-state index is 0.234. The van der Waals surface area contributed by atoms with Crippen molar-refractivity contribution in [1.29, 1.82) is 0 Å². The van der Waals surface area contributed by atoms with Crippen LogP contribution in [0.5, 0.6) is 0 Å². The molecule has 0 aliphatic carbocycles. The Labute approximate surface area is 116 Å². The molecule has 1 unspecified atom stereocenters. The van der Waals surface area contributed by atoms with Gasteiger partial charge in [-0.3, -0.25) is 0 Å². The number of anilines is 1. The second-order valence-corrected chi connectivity index (χ2v) is 6.65. The average molecular weight is 255 g/mol. The number of rotatable bonds is 1. The zero-order chi connectivity index (χ0) is 13.8. The Morgan fingerprint density at radius 3 is 2.79 bits per heavy atom. The summed E-state index contributed by atoms with van der Waals surface area (Å²) in [6, 6.07) is 6.75. The molecule has 0 radical (unpaired) electrons. The summed E-state index contributed by atoms with van der Waals surface area (Å²) in [5, 5.41) is 0. The molecule has 1 fully saturated rings. The van der Waals surface area contributed by atoms with E-state index in [9.17, 15) is 0 Å². The Hall–Kier alpha value is -1.22. The van der Waals surface area contributed by atoms with Crippen molar-refractivity contribution in [2.24, 2.45) is 5.41 Å². The third-order valence-electron chi connectivity index (χ3n) is 4.89. The summed E-state index contributed by atoms with van der Waals surface area (Å²) in [6.07, 6.45) is 2.38. The van der Waals surface area contributed by atoms with Crippen LogP contribution in [0.1, 0.15) is 26.3 Å². The highest BCUT2D eigenvalue weighted by Crippen LogP contribution is 2.38. The van der Waals surface area contributed by atoms with Crippen LogP contribution in [0.3, 0.4) is 0 Å². The first-order valence-corrected chi connectivity index (χ1v) is 7.08. The zero-order valence-corrected chi connectivity index (χ0v) is 12.4. The van der Waals surface area contributed by atoms with Gasteiger partial charge in [0.1, 0.15) is 0 Å². The van der Waals surface area contributed by atoms with Crippen molar-refractivity contribution in [3.8, 4) is 0 Å². The molecule has 1 atom stereocenters. The molecule has 0 N–H and O–H groups in total. The molecule has 1 aromatic carbocycles. The zero-order valence-electron chi connectivity index (χ0n) is 12.4. The molecular formula is C16H22BNO. The molecule has 1 saturated heterocycles. The smallest absolute Gasteiger partial charge is 0.327 e. The van der Waals surface area contributed by atoms with E-state index in [0.717, 1.165) is 12.7 Å². The summed E-state index contributed by atoms with van der Waals surface area (Å²) in [5.74, 6) is 0. The van der Waals surface area contributed by atoms with Crippen LogP contribution in [-0.2, 0) is 11.1 Å². The van der Waals surface area contributed by atoms with Crippen LogP contribution in [-0.4, -0.2) is 20.1 Å². The first-order chi connectivity index (χ1) is 8.88. The van der Waals surface area contributed by atoms with Crippen molar-refractivity contribution in [3.63, 3.8) is 0 Å². The topological polar surface area (TPSA) is 12.5 Å². The van der Waals surface area contributed by atoms with Crippen LogP contribution in [0.25, 0.3) is 0 Å². The lowest BCUT2D eigenvalue weighted by molar-refractivity contribution is 0.150. The van der Waals surface area contributed by atoms with Gasteiger partial charge in [0, 0.05) is 31.0 Å². The van der Waals surface area contributed by atoms with Crippen LogP contribution < -0.4 is 10.4 Å². The van der Waals surface area contributed by atoms with Crippen molar-refractivity contribution in [2.75, 3.05) is 11.9 Å². The monoisotopic (exact) mass is 255 g/mol. The molecule has 100 valence electrons. The van der Waals surface area contributed by atoms with Gasteiger partial charge in [0.15, 0.2) is 0 Å². The van der Waals surface area contributed by atoms with Gasteiger partial charge in [-0.25, -0.2) is 0 Å². The van der Waals surface area contributed by atoms with E-state index in [1.165, 1.54) is 22.4 Å². The fourth-order valence-corrected chi connectivity index (χ4v) is 3.07. The van der Waals surface area contributed by atoms with E-state index in [-0.39, 0.29) is 12.3 Å². The maximum Gasteiger partial charge on any atom is 0.327 e. The maximum absolute atomic E-state index is 6.14. The minimum Gasteiger partial charge on any atom is -0.428 e. The van der Waals surface area contributed by atoms with Crippen LogP contribution in [0, 0.1) is 5.41 Å². The number of hydrogen-bond acceptors (Lipinski definition) is 2. The average Bonchev–Trinajstić information content (AvgIpc) is 2.78. The number of allylic oxidation sites excluding steroid dienone is 1. The molecule has 2 aliphatic rings. The maximum atomic E-state index is 6.14. The first-order valence-electron chi connectivity index (χ1n) is 7.08. The molecule has 0 amide bonds. The number of benzene rings is 1. The summed E-state index contributed by atoms with van der Waals surface area (Å²) in [4.78, 5) is 2.20. The number of nitrogens with zero attached hydrogens (tertiary/aromatic N) is 1.